The number of methoxy groups -OCH3 is 1. The highest BCUT2D eigenvalue weighted by Crippen LogP contribution is 2.46. The maximum atomic E-state index is 11.4. The van der Waals surface area contributed by atoms with Crippen LogP contribution in [-0.4, -0.2) is 47.2 Å². The van der Waals surface area contributed by atoms with E-state index in [9.17, 15) is 14.7 Å². The molecule has 3 rings (SSSR count). The molecular weight excluding hydrogens is 186 g/mol. The van der Waals surface area contributed by atoms with Gasteiger partial charge in [0.05, 0.1) is 19.3 Å². The molecule has 5 heteroatoms. The van der Waals surface area contributed by atoms with Gasteiger partial charge in [-0.15, -0.1) is 0 Å². The monoisotopic (exact) mass is 199 g/mol. The minimum atomic E-state index is -0.572. The molecule has 3 fully saturated rings. The van der Waals surface area contributed by atoms with Gasteiger partial charge in [0.1, 0.15) is 6.04 Å². The lowest BCUT2D eigenvalue weighted by Gasteiger charge is -2.31. The number of hydrogen-bond donors (Lipinski definition) is 1. The van der Waals surface area contributed by atoms with Gasteiger partial charge in [0.2, 0.25) is 5.91 Å². The number of carbonyl (C=O) groups excluding carboxylic acids is 2. The zero-order valence-electron chi connectivity index (χ0n) is 8.14. The van der Waals surface area contributed by atoms with Gasteiger partial charge >= 0.3 is 5.97 Å². The standard InChI is InChI=1S/C9H13NO4/c1-4(11)10-6-3-5(8(6)12)7(10)9(13)14-2/h5-8,12H,3H2,1-2H3. The predicted molar refractivity (Wildman–Crippen MR) is 46.2 cm³/mol. The molecule has 1 saturated carbocycles. The number of carbonyl (C=O) groups is 2. The van der Waals surface area contributed by atoms with E-state index in [0.29, 0.717) is 6.42 Å². The lowest BCUT2D eigenvalue weighted by molar-refractivity contribution is -0.150. The first kappa shape index (κ1) is 9.45. The molecule has 2 heterocycles. The van der Waals surface area contributed by atoms with Crippen molar-refractivity contribution in [1.29, 1.82) is 0 Å². The molecule has 2 saturated heterocycles. The Bertz CT molecular complexity index is 291. The smallest absolute Gasteiger partial charge is 0.328 e. The fourth-order valence-electron chi connectivity index (χ4n) is 2.49. The van der Waals surface area contributed by atoms with Crippen molar-refractivity contribution in [3.63, 3.8) is 0 Å². The number of aliphatic hydroxyl groups is 1. The number of esters is 1. The van der Waals surface area contributed by atoms with Crippen LogP contribution in [0.3, 0.4) is 0 Å². The lowest BCUT2D eigenvalue weighted by Crippen LogP contribution is -2.44. The molecule has 1 aliphatic carbocycles. The van der Waals surface area contributed by atoms with E-state index in [2.05, 4.69) is 4.74 Å². The number of aliphatic hydroxyl groups excluding tert-OH is 1. The van der Waals surface area contributed by atoms with Crippen LogP contribution in [0.1, 0.15) is 13.3 Å². The van der Waals surface area contributed by atoms with Crippen LogP contribution in [0.4, 0.5) is 0 Å². The van der Waals surface area contributed by atoms with E-state index in [1.54, 1.807) is 0 Å². The van der Waals surface area contributed by atoms with Gasteiger partial charge in [0, 0.05) is 12.8 Å². The van der Waals surface area contributed by atoms with Gasteiger partial charge in [0.25, 0.3) is 0 Å². The number of fused-ring (bicyclic) bond motifs is 1. The summed E-state index contributed by atoms with van der Waals surface area (Å²) in [5.74, 6) is -0.731. The molecule has 2 bridgehead atoms. The van der Waals surface area contributed by atoms with Crippen molar-refractivity contribution in [1.82, 2.24) is 4.90 Å². The van der Waals surface area contributed by atoms with E-state index in [1.165, 1.54) is 18.9 Å². The molecule has 5 nitrogen and oxygen atoms in total. The molecule has 0 aromatic heterocycles. The fourth-order valence-corrected chi connectivity index (χ4v) is 2.49. The minimum Gasteiger partial charge on any atom is -0.467 e. The Labute approximate surface area is 81.6 Å². The van der Waals surface area contributed by atoms with Crippen LogP contribution < -0.4 is 0 Å². The van der Waals surface area contributed by atoms with Gasteiger partial charge in [0.15, 0.2) is 0 Å². The fraction of sp³-hybridized carbons (Fsp3) is 0.778. The predicted octanol–water partition coefficient (Wildman–Crippen LogP) is -0.861. The van der Waals surface area contributed by atoms with Crippen LogP contribution >= 0.6 is 0 Å². The Morgan fingerprint density at radius 1 is 1.50 bits per heavy atom. The largest absolute Gasteiger partial charge is 0.467 e. The third-order valence-electron chi connectivity index (χ3n) is 3.22. The Morgan fingerprint density at radius 2 is 2.14 bits per heavy atom. The normalized spacial score (nSPS) is 39.2. The zero-order chi connectivity index (χ0) is 10.5. The molecule has 4 atom stereocenters. The summed E-state index contributed by atoms with van der Waals surface area (Å²) >= 11 is 0. The van der Waals surface area contributed by atoms with Gasteiger partial charge in [-0.3, -0.25) is 4.79 Å². The van der Waals surface area contributed by atoms with Crippen molar-refractivity contribution in [2.24, 2.45) is 5.92 Å². The summed E-state index contributed by atoms with van der Waals surface area (Å²) in [7, 11) is 1.29. The van der Waals surface area contributed by atoms with Crippen molar-refractivity contribution in [2.45, 2.75) is 31.5 Å². The second-order valence-corrected chi connectivity index (χ2v) is 3.85. The maximum Gasteiger partial charge on any atom is 0.328 e. The van der Waals surface area contributed by atoms with Gasteiger partial charge in [-0.2, -0.15) is 0 Å². The summed E-state index contributed by atoms with van der Waals surface area (Å²) in [5, 5.41) is 9.58. The molecule has 1 N–H and O–H groups in total. The van der Waals surface area contributed by atoms with Crippen molar-refractivity contribution in [3.05, 3.63) is 0 Å². The SMILES string of the molecule is COC(=O)C1C2CC(C2O)N1C(C)=O. The summed E-state index contributed by atoms with van der Waals surface area (Å²) < 4.78 is 4.62. The van der Waals surface area contributed by atoms with Gasteiger partial charge in [-0.05, 0) is 6.42 Å². The van der Waals surface area contributed by atoms with Crippen molar-refractivity contribution >= 4 is 11.9 Å². The van der Waals surface area contributed by atoms with Crippen LogP contribution in [0.25, 0.3) is 0 Å². The van der Waals surface area contributed by atoms with Crippen LogP contribution in [-0.2, 0) is 14.3 Å². The summed E-state index contributed by atoms with van der Waals surface area (Å²) in [6.07, 6.45) is 0.156. The van der Waals surface area contributed by atoms with Gasteiger partial charge in [-0.1, -0.05) is 0 Å². The molecule has 0 radical (unpaired) electrons. The topological polar surface area (TPSA) is 66.8 Å². The van der Waals surface area contributed by atoms with E-state index in [0.717, 1.165) is 0 Å². The van der Waals surface area contributed by atoms with E-state index in [1.807, 2.05) is 0 Å². The molecular formula is C9H13NO4. The summed E-state index contributed by atoms with van der Waals surface area (Å²) in [5.41, 5.74) is 0. The number of hydrogen-bond acceptors (Lipinski definition) is 4. The molecule has 3 aliphatic rings. The molecule has 14 heavy (non-hydrogen) atoms. The molecule has 0 aromatic rings. The van der Waals surface area contributed by atoms with E-state index >= 15 is 0 Å². The first-order valence-electron chi connectivity index (χ1n) is 4.62. The zero-order valence-corrected chi connectivity index (χ0v) is 8.14. The van der Waals surface area contributed by atoms with E-state index in [-0.39, 0.29) is 17.9 Å². The van der Waals surface area contributed by atoms with Crippen molar-refractivity contribution in [2.75, 3.05) is 7.11 Å². The summed E-state index contributed by atoms with van der Waals surface area (Å²) in [6, 6.07) is -0.751. The molecule has 0 spiro atoms. The van der Waals surface area contributed by atoms with Crippen LogP contribution in [0.15, 0.2) is 0 Å². The van der Waals surface area contributed by atoms with Crippen LogP contribution in [0, 0.1) is 5.92 Å². The molecule has 2 aliphatic heterocycles. The third kappa shape index (κ3) is 0.987. The van der Waals surface area contributed by atoms with E-state index < -0.39 is 18.1 Å². The Balaban J connectivity index is 2.23. The number of amides is 1. The van der Waals surface area contributed by atoms with Crippen LogP contribution in [0.5, 0.6) is 0 Å². The Morgan fingerprint density at radius 3 is 2.57 bits per heavy atom. The highest BCUT2D eigenvalue weighted by Gasteiger charge is 2.61. The highest BCUT2D eigenvalue weighted by molar-refractivity contribution is 5.86. The van der Waals surface area contributed by atoms with Crippen LogP contribution in [0.2, 0.25) is 0 Å². The first-order valence-corrected chi connectivity index (χ1v) is 4.62. The molecule has 0 aromatic carbocycles. The second-order valence-electron chi connectivity index (χ2n) is 3.85. The third-order valence-corrected chi connectivity index (χ3v) is 3.22. The van der Waals surface area contributed by atoms with Crippen molar-refractivity contribution < 1.29 is 19.4 Å². The lowest BCUT2D eigenvalue weighted by atomic mass is 9.79. The maximum absolute atomic E-state index is 11.4. The van der Waals surface area contributed by atoms with Gasteiger partial charge in [-0.25, -0.2) is 4.79 Å². The van der Waals surface area contributed by atoms with Gasteiger partial charge < -0.3 is 14.7 Å². The van der Waals surface area contributed by atoms with E-state index in [4.69, 9.17) is 0 Å². The number of ether oxygens (including phenoxy) is 1. The molecule has 78 valence electrons. The Hall–Kier alpha value is -1.10. The molecule has 4 unspecified atom stereocenters. The average molecular weight is 199 g/mol. The highest BCUT2D eigenvalue weighted by atomic mass is 16.5. The second kappa shape index (κ2) is 2.95. The Kier molecular flexibility index (Phi) is 1.99. The molecule has 1 amide bonds. The quantitative estimate of drug-likeness (QED) is 0.558. The minimum absolute atomic E-state index is 0.128. The van der Waals surface area contributed by atoms with Crippen molar-refractivity contribution in [3.8, 4) is 0 Å². The first-order chi connectivity index (χ1) is 6.57. The summed E-state index contributed by atoms with van der Waals surface area (Å²) in [6.45, 7) is 1.41. The average Bonchev–Trinajstić information content (AvgIpc) is 2.68. The number of nitrogens with zero attached hydrogens (tertiary/aromatic N) is 1. The summed E-state index contributed by atoms with van der Waals surface area (Å²) in [4.78, 5) is 24.1. The number of rotatable bonds is 1.